The van der Waals surface area contributed by atoms with Crippen LogP contribution in [0.3, 0.4) is 0 Å². The lowest BCUT2D eigenvalue weighted by Gasteiger charge is -2.35. The van der Waals surface area contributed by atoms with Crippen LogP contribution in [0.1, 0.15) is 114 Å². The first-order valence-corrected chi connectivity index (χ1v) is 16.2. The highest BCUT2D eigenvalue weighted by atomic mass is 16.5. The lowest BCUT2D eigenvalue weighted by atomic mass is 9.80. The number of Topliss-reactive ketones (excluding diaryl/α,β-unsaturated/α-hetero) is 1. The van der Waals surface area contributed by atoms with Crippen LogP contribution < -0.4 is 0 Å². The van der Waals surface area contributed by atoms with Gasteiger partial charge in [0.2, 0.25) is 0 Å². The van der Waals surface area contributed by atoms with E-state index in [2.05, 4.69) is 43.3 Å². The molecule has 0 unspecified atom stereocenters. The molecule has 41 heavy (non-hydrogen) atoms. The summed E-state index contributed by atoms with van der Waals surface area (Å²) in [5, 5.41) is 0. The van der Waals surface area contributed by atoms with E-state index in [-0.39, 0.29) is 19.0 Å². The minimum Gasteiger partial charge on any atom is -0.374 e. The van der Waals surface area contributed by atoms with Crippen LogP contribution in [0.25, 0.3) is 0 Å². The maximum absolute atomic E-state index is 12.9. The van der Waals surface area contributed by atoms with Gasteiger partial charge in [0.1, 0.15) is 18.8 Å². The summed E-state index contributed by atoms with van der Waals surface area (Å²) in [6, 6.07) is 30.5. The molecule has 3 aromatic rings. The quantitative estimate of drug-likeness (QED) is 0.0861. The van der Waals surface area contributed by atoms with Crippen LogP contribution in [0.15, 0.2) is 91.0 Å². The van der Waals surface area contributed by atoms with Gasteiger partial charge in [-0.15, -0.1) is 0 Å². The van der Waals surface area contributed by atoms with Gasteiger partial charge in [0, 0.05) is 6.61 Å². The molecule has 0 saturated heterocycles. The molecule has 0 amide bonds. The van der Waals surface area contributed by atoms with Crippen molar-refractivity contribution in [2.24, 2.45) is 0 Å². The number of ether oxygens (including phenoxy) is 2. The van der Waals surface area contributed by atoms with Crippen molar-refractivity contribution in [1.82, 2.24) is 0 Å². The minimum absolute atomic E-state index is 0.0164. The fraction of sp³-hybridized carbons (Fsp3) is 0.500. The average molecular weight is 557 g/mol. The Balaban J connectivity index is 1.36. The molecular formula is C38H52O3. The van der Waals surface area contributed by atoms with Crippen molar-refractivity contribution < 1.29 is 14.3 Å². The van der Waals surface area contributed by atoms with Crippen molar-refractivity contribution in [3.8, 4) is 0 Å². The van der Waals surface area contributed by atoms with Crippen molar-refractivity contribution in [3.63, 3.8) is 0 Å². The molecule has 3 aromatic carbocycles. The monoisotopic (exact) mass is 556 g/mol. The van der Waals surface area contributed by atoms with Crippen molar-refractivity contribution in [2.75, 3.05) is 19.8 Å². The average Bonchev–Trinajstić information content (AvgIpc) is 3.03. The topological polar surface area (TPSA) is 35.5 Å². The van der Waals surface area contributed by atoms with E-state index >= 15 is 0 Å². The van der Waals surface area contributed by atoms with E-state index in [4.69, 9.17) is 9.47 Å². The summed E-state index contributed by atoms with van der Waals surface area (Å²) in [6.45, 7) is 2.98. The number of unbranched alkanes of at least 4 members (excludes halogenated alkanes) is 13. The number of carbonyl (C=O) groups excluding carboxylic acids is 1. The molecule has 0 spiro atoms. The number of hydrogen-bond donors (Lipinski definition) is 0. The molecule has 0 heterocycles. The largest absolute Gasteiger partial charge is 0.374 e. The molecule has 222 valence electrons. The summed E-state index contributed by atoms with van der Waals surface area (Å²) in [5.41, 5.74) is 2.10. The van der Waals surface area contributed by atoms with Crippen molar-refractivity contribution in [2.45, 2.75) is 102 Å². The zero-order valence-electron chi connectivity index (χ0n) is 25.4. The van der Waals surface area contributed by atoms with E-state index in [1.54, 1.807) is 0 Å². The van der Waals surface area contributed by atoms with Crippen molar-refractivity contribution >= 4 is 5.78 Å². The standard InChI is InChI=1S/C38H52O3/c1-2-3-4-5-6-7-8-9-10-11-12-13-14-24-31-40-32-37(39)33-41-38(34-25-18-15-19-26-34,35-27-20-16-21-28-35)36-29-22-17-23-30-36/h15-23,25-30H,2-14,24,31-33H2,1H3. The molecule has 3 heteroatoms. The number of benzene rings is 3. The summed E-state index contributed by atoms with van der Waals surface area (Å²) in [6.07, 6.45) is 18.7. The predicted molar refractivity (Wildman–Crippen MR) is 171 cm³/mol. The summed E-state index contributed by atoms with van der Waals surface area (Å²) in [4.78, 5) is 12.9. The highest BCUT2D eigenvalue weighted by molar-refractivity contribution is 5.81. The molecular weight excluding hydrogens is 504 g/mol. The van der Waals surface area contributed by atoms with Gasteiger partial charge in [-0.2, -0.15) is 0 Å². The fourth-order valence-corrected chi connectivity index (χ4v) is 5.58. The molecule has 0 bridgehead atoms. The van der Waals surface area contributed by atoms with Crippen LogP contribution >= 0.6 is 0 Å². The summed E-state index contributed by atoms with van der Waals surface area (Å²) >= 11 is 0. The lowest BCUT2D eigenvalue weighted by molar-refractivity contribution is -0.132. The first-order chi connectivity index (χ1) is 20.3. The van der Waals surface area contributed by atoms with Crippen molar-refractivity contribution in [3.05, 3.63) is 108 Å². The third kappa shape index (κ3) is 11.6. The SMILES string of the molecule is CCCCCCCCCCCCCCCCOCC(=O)COC(c1ccccc1)(c1ccccc1)c1ccccc1. The fourth-order valence-electron chi connectivity index (χ4n) is 5.58. The number of ketones is 1. The second kappa shape index (κ2) is 20.2. The first-order valence-electron chi connectivity index (χ1n) is 16.2. The second-order valence-electron chi connectivity index (χ2n) is 11.3. The predicted octanol–water partition coefficient (Wildman–Crippen LogP) is 10.1. The molecule has 3 nitrogen and oxygen atoms in total. The molecule has 0 aliphatic heterocycles. The minimum atomic E-state index is -0.881. The molecule has 0 aliphatic rings. The van der Waals surface area contributed by atoms with E-state index in [0.717, 1.165) is 23.1 Å². The van der Waals surface area contributed by atoms with Gasteiger partial charge in [-0.1, -0.05) is 181 Å². The van der Waals surface area contributed by atoms with Crippen LogP contribution in [0.2, 0.25) is 0 Å². The van der Waals surface area contributed by atoms with Gasteiger partial charge in [-0.3, -0.25) is 4.79 Å². The Hall–Kier alpha value is -2.75. The molecule has 0 atom stereocenters. The maximum Gasteiger partial charge on any atom is 0.184 e. The summed E-state index contributed by atoms with van der Waals surface area (Å²) < 4.78 is 12.4. The Kier molecular flexibility index (Phi) is 16.1. The highest BCUT2D eigenvalue weighted by Crippen LogP contribution is 2.40. The van der Waals surface area contributed by atoms with Gasteiger partial charge in [0.25, 0.3) is 0 Å². The third-order valence-corrected chi connectivity index (χ3v) is 7.90. The molecule has 0 radical (unpaired) electrons. The molecule has 0 N–H and O–H groups in total. The normalized spacial score (nSPS) is 11.5. The summed E-state index contributed by atoms with van der Waals surface area (Å²) in [5.74, 6) is -0.0393. The van der Waals surface area contributed by atoms with Crippen LogP contribution in [0, 0.1) is 0 Å². The Morgan fingerprint density at radius 3 is 1.27 bits per heavy atom. The van der Waals surface area contributed by atoms with Crippen LogP contribution in [0.5, 0.6) is 0 Å². The highest BCUT2D eigenvalue weighted by Gasteiger charge is 2.38. The Labute approximate surface area is 249 Å². The van der Waals surface area contributed by atoms with Crippen LogP contribution in [0.4, 0.5) is 0 Å². The molecule has 0 fully saturated rings. The van der Waals surface area contributed by atoms with Gasteiger partial charge in [-0.25, -0.2) is 0 Å². The smallest absolute Gasteiger partial charge is 0.184 e. The Morgan fingerprint density at radius 2 is 0.878 bits per heavy atom. The van der Waals surface area contributed by atoms with Crippen molar-refractivity contribution in [1.29, 1.82) is 0 Å². The number of rotatable bonds is 23. The number of hydrogen-bond acceptors (Lipinski definition) is 3. The van der Waals surface area contributed by atoms with Crippen LogP contribution in [-0.2, 0) is 19.9 Å². The van der Waals surface area contributed by atoms with E-state index in [1.807, 2.05) is 54.6 Å². The lowest BCUT2D eigenvalue weighted by Crippen LogP contribution is -2.35. The van der Waals surface area contributed by atoms with Gasteiger partial charge in [-0.05, 0) is 23.1 Å². The zero-order chi connectivity index (χ0) is 28.9. The van der Waals surface area contributed by atoms with Gasteiger partial charge in [0.05, 0.1) is 0 Å². The molecule has 0 saturated carbocycles. The van der Waals surface area contributed by atoms with E-state index in [9.17, 15) is 4.79 Å². The van der Waals surface area contributed by atoms with Gasteiger partial charge >= 0.3 is 0 Å². The van der Waals surface area contributed by atoms with E-state index < -0.39 is 5.60 Å². The van der Waals surface area contributed by atoms with Gasteiger partial charge in [0.15, 0.2) is 5.78 Å². The molecule has 3 rings (SSSR count). The zero-order valence-corrected chi connectivity index (χ0v) is 25.4. The Morgan fingerprint density at radius 1 is 0.512 bits per heavy atom. The van der Waals surface area contributed by atoms with E-state index in [0.29, 0.717) is 6.61 Å². The molecule has 0 aromatic heterocycles. The van der Waals surface area contributed by atoms with E-state index in [1.165, 1.54) is 83.5 Å². The third-order valence-electron chi connectivity index (χ3n) is 7.90. The maximum atomic E-state index is 12.9. The van der Waals surface area contributed by atoms with Crippen LogP contribution in [-0.4, -0.2) is 25.6 Å². The Bertz CT molecular complexity index is 952. The first kappa shape index (κ1) is 32.8. The summed E-state index contributed by atoms with van der Waals surface area (Å²) in [7, 11) is 0. The van der Waals surface area contributed by atoms with Gasteiger partial charge < -0.3 is 9.47 Å². The second-order valence-corrected chi connectivity index (χ2v) is 11.3. The number of carbonyl (C=O) groups is 1. The molecule has 0 aliphatic carbocycles.